The molecule has 1 heterocycles. The molecule has 106 valence electrons. The van der Waals surface area contributed by atoms with Crippen LogP contribution >= 0.6 is 11.6 Å². The van der Waals surface area contributed by atoms with Gasteiger partial charge in [-0.1, -0.05) is 43.5 Å². The molecule has 1 aromatic carbocycles. The molecule has 0 aromatic heterocycles. The summed E-state index contributed by atoms with van der Waals surface area (Å²) in [6.07, 6.45) is 5.04. The van der Waals surface area contributed by atoms with Crippen molar-refractivity contribution in [1.82, 2.24) is 10.2 Å². The number of benzene rings is 1. The maximum absolute atomic E-state index is 6.01. The van der Waals surface area contributed by atoms with Crippen molar-refractivity contribution < 1.29 is 0 Å². The maximum Gasteiger partial charge on any atom is 0.0406 e. The molecule has 0 radical (unpaired) electrons. The lowest BCUT2D eigenvalue weighted by Crippen LogP contribution is -2.32. The van der Waals surface area contributed by atoms with Crippen LogP contribution in [0.4, 0.5) is 0 Å². The minimum Gasteiger partial charge on any atom is -0.315 e. The summed E-state index contributed by atoms with van der Waals surface area (Å²) < 4.78 is 0. The molecular formula is C16H25ClN2. The van der Waals surface area contributed by atoms with E-state index in [1.165, 1.54) is 37.8 Å². The van der Waals surface area contributed by atoms with Crippen LogP contribution in [0.5, 0.6) is 0 Å². The Hall–Kier alpha value is -0.570. The third-order valence-corrected chi connectivity index (χ3v) is 4.15. The Balaban J connectivity index is 2.11. The van der Waals surface area contributed by atoms with Crippen molar-refractivity contribution >= 4 is 11.6 Å². The molecule has 1 fully saturated rings. The zero-order valence-corrected chi connectivity index (χ0v) is 12.6. The van der Waals surface area contributed by atoms with E-state index in [0.717, 1.165) is 24.7 Å². The van der Waals surface area contributed by atoms with Crippen LogP contribution in [0, 0.1) is 0 Å². The van der Waals surface area contributed by atoms with Gasteiger partial charge in [0.15, 0.2) is 0 Å². The van der Waals surface area contributed by atoms with Gasteiger partial charge in [0.2, 0.25) is 0 Å². The van der Waals surface area contributed by atoms with E-state index in [1.54, 1.807) is 0 Å². The zero-order valence-electron chi connectivity index (χ0n) is 11.9. The summed E-state index contributed by atoms with van der Waals surface area (Å²) in [6, 6.07) is 8.98. The lowest BCUT2D eigenvalue weighted by molar-refractivity contribution is 0.197. The molecule has 1 aliphatic heterocycles. The van der Waals surface area contributed by atoms with E-state index >= 15 is 0 Å². The van der Waals surface area contributed by atoms with Crippen LogP contribution in [0.3, 0.4) is 0 Å². The lowest BCUT2D eigenvalue weighted by Gasteiger charge is -2.31. The predicted octanol–water partition coefficient (Wildman–Crippen LogP) is 3.87. The predicted molar refractivity (Wildman–Crippen MR) is 82.8 cm³/mol. The second kappa shape index (κ2) is 7.88. The molecule has 0 bridgehead atoms. The first-order chi connectivity index (χ1) is 9.31. The molecule has 2 nitrogen and oxygen atoms in total. The number of nitrogens with one attached hydrogen (secondary N) is 1. The molecule has 1 saturated heterocycles. The number of unbranched alkanes of at least 4 members (excludes halogenated alkanes) is 1. The van der Waals surface area contributed by atoms with Crippen LogP contribution in [0.2, 0.25) is 5.02 Å². The van der Waals surface area contributed by atoms with E-state index in [4.69, 9.17) is 11.6 Å². The third kappa shape index (κ3) is 4.48. The van der Waals surface area contributed by atoms with Crippen LogP contribution in [-0.2, 0) is 0 Å². The fraction of sp³-hybridized carbons (Fsp3) is 0.625. The van der Waals surface area contributed by atoms with Crippen LogP contribution in [-0.4, -0.2) is 31.1 Å². The second-order valence-electron chi connectivity index (χ2n) is 5.35. The number of nitrogens with zero attached hydrogens (tertiary/aromatic N) is 1. The first-order valence-electron chi connectivity index (χ1n) is 7.51. The Morgan fingerprint density at radius 1 is 1.21 bits per heavy atom. The molecule has 1 atom stereocenters. The number of halogens is 1. The van der Waals surface area contributed by atoms with Crippen LogP contribution in [0.1, 0.15) is 44.2 Å². The summed E-state index contributed by atoms with van der Waals surface area (Å²) >= 11 is 6.01. The summed E-state index contributed by atoms with van der Waals surface area (Å²) in [4.78, 5) is 2.64. The Bertz CT molecular complexity index is 356. The van der Waals surface area contributed by atoms with Gasteiger partial charge in [0.25, 0.3) is 0 Å². The first kappa shape index (κ1) is 14.8. The van der Waals surface area contributed by atoms with Crippen molar-refractivity contribution in [2.75, 3.05) is 26.2 Å². The van der Waals surface area contributed by atoms with Crippen molar-refractivity contribution in [2.24, 2.45) is 0 Å². The van der Waals surface area contributed by atoms with Gasteiger partial charge in [0.1, 0.15) is 0 Å². The zero-order chi connectivity index (χ0) is 13.5. The van der Waals surface area contributed by atoms with E-state index in [2.05, 4.69) is 29.3 Å². The average molecular weight is 281 g/mol. The van der Waals surface area contributed by atoms with Crippen LogP contribution in [0.15, 0.2) is 24.3 Å². The summed E-state index contributed by atoms with van der Waals surface area (Å²) in [5.41, 5.74) is 1.42. The van der Waals surface area contributed by atoms with Gasteiger partial charge in [-0.2, -0.15) is 0 Å². The molecule has 3 heteroatoms. The van der Waals surface area contributed by atoms with Crippen molar-refractivity contribution in [3.8, 4) is 0 Å². The van der Waals surface area contributed by atoms with Gasteiger partial charge >= 0.3 is 0 Å². The molecule has 1 unspecified atom stereocenters. The highest BCUT2D eigenvalue weighted by Gasteiger charge is 2.20. The van der Waals surface area contributed by atoms with Crippen molar-refractivity contribution in [3.63, 3.8) is 0 Å². The largest absolute Gasteiger partial charge is 0.315 e. The van der Waals surface area contributed by atoms with Gasteiger partial charge in [0, 0.05) is 30.7 Å². The highest BCUT2D eigenvalue weighted by Crippen LogP contribution is 2.27. The summed E-state index contributed by atoms with van der Waals surface area (Å²) in [5.74, 6) is 0. The van der Waals surface area contributed by atoms with Gasteiger partial charge in [-0.25, -0.2) is 0 Å². The van der Waals surface area contributed by atoms with E-state index in [-0.39, 0.29) is 0 Å². The SMILES string of the molecule is CCCCC(c1ccc(Cl)cc1)N1CCCNCC1. The average Bonchev–Trinajstić information content (AvgIpc) is 2.70. The van der Waals surface area contributed by atoms with Crippen molar-refractivity contribution in [2.45, 2.75) is 38.6 Å². The molecule has 1 N–H and O–H groups in total. The maximum atomic E-state index is 6.01. The first-order valence-corrected chi connectivity index (χ1v) is 7.89. The smallest absolute Gasteiger partial charge is 0.0406 e. The lowest BCUT2D eigenvalue weighted by atomic mass is 9.99. The van der Waals surface area contributed by atoms with Gasteiger partial charge in [0.05, 0.1) is 0 Å². The van der Waals surface area contributed by atoms with Crippen LogP contribution < -0.4 is 5.32 Å². The number of rotatable bonds is 5. The van der Waals surface area contributed by atoms with E-state index < -0.39 is 0 Å². The number of hydrogen-bond acceptors (Lipinski definition) is 2. The Kier molecular flexibility index (Phi) is 6.15. The second-order valence-corrected chi connectivity index (χ2v) is 5.79. The minimum atomic E-state index is 0.553. The standard InChI is InChI=1S/C16H25ClN2/c1-2-3-5-16(14-6-8-15(17)9-7-14)19-12-4-10-18-11-13-19/h6-9,16,18H,2-5,10-13H2,1H3. The number of hydrogen-bond donors (Lipinski definition) is 1. The Morgan fingerprint density at radius 2 is 2.00 bits per heavy atom. The topological polar surface area (TPSA) is 15.3 Å². The quantitative estimate of drug-likeness (QED) is 0.881. The van der Waals surface area contributed by atoms with Crippen LogP contribution in [0.25, 0.3) is 0 Å². The molecule has 0 amide bonds. The molecule has 2 rings (SSSR count). The Morgan fingerprint density at radius 3 is 2.74 bits per heavy atom. The normalized spacial score (nSPS) is 19.1. The van der Waals surface area contributed by atoms with Gasteiger partial charge < -0.3 is 5.32 Å². The fourth-order valence-corrected chi connectivity index (χ4v) is 2.95. The third-order valence-electron chi connectivity index (χ3n) is 3.90. The molecule has 0 aliphatic carbocycles. The molecular weight excluding hydrogens is 256 g/mol. The molecule has 0 spiro atoms. The van der Waals surface area contributed by atoms with Gasteiger partial charge in [-0.3, -0.25) is 4.90 Å². The highest BCUT2D eigenvalue weighted by molar-refractivity contribution is 6.30. The Labute approximate surface area is 122 Å². The summed E-state index contributed by atoms with van der Waals surface area (Å²) in [6.45, 7) is 6.87. The molecule has 19 heavy (non-hydrogen) atoms. The van der Waals surface area contributed by atoms with E-state index in [0.29, 0.717) is 6.04 Å². The monoisotopic (exact) mass is 280 g/mol. The van der Waals surface area contributed by atoms with Gasteiger partial charge in [-0.15, -0.1) is 0 Å². The van der Waals surface area contributed by atoms with E-state index in [9.17, 15) is 0 Å². The molecule has 1 aliphatic rings. The highest BCUT2D eigenvalue weighted by atomic mass is 35.5. The molecule has 1 aromatic rings. The molecule has 0 saturated carbocycles. The minimum absolute atomic E-state index is 0.553. The summed E-state index contributed by atoms with van der Waals surface area (Å²) in [7, 11) is 0. The van der Waals surface area contributed by atoms with E-state index in [1.807, 2.05) is 12.1 Å². The van der Waals surface area contributed by atoms with Crippen molar-refractivity contribution in [1.29, 1.82) is 0 Å². The van der Waals surface area contributed by atoms with Gasteiger partial charge in [-0.05, 0) is 37.1 Å². The summed E-state index contributed by atoms with van der Waals surface area (Å²) in [5, 5.41) is 4.32. The van der Waals surface area contributed by atoms with Crippen molar-refractivity contribution in [3.05, 3.63) is 34.9 Å². The fourth-order valence-electron chi connectivity index (χ4n) is 2.82.